The van der Waals surface area contributed by atoms with Gasteiger partial charge in [0.2, 0.25) is 0 Å². The van der Waals surface area contributed by atoms with E-state index in [4.69, 9.17) is 4.74 Å². The topological polar surface area (TPSA) is 65.4 Å². The summed E-state index contributed by atoms with van der Waals surface area (Å²) in [6.07, 6.45) is 1.60. The number of para-hydroxylation sites is 1. The Labute approximate surface area is 147 Å². The Bertz CT molecular complexity index is 786. The molecule has 1 aliphatic heterocycles. The van der Waals surface area contributed by atoms with Gasteiger partial charge in [-0.15, -0.1) is 0 Å². The third kappa shape index (κ3) is 4.46. The quantitative estimate of drug-likeness (QED) is 0.690. The van der Waals surface area contributed by atoms with E-state index in [2.05, 4.69) is 10.2 Å². The molecule has 1 fully saturated rings. The van der Waals surface area contributed by atoms with Gasteiger partial charge in [-0.1, -0.05) is 30.3 Å². The fourth-order valence-corrected chi connectivity index (χ4v) is 2.64. The first kappa shape index (κ1) is 16.7. The Hall–Kier alpha value is -3.10. The van der Waals surface area contributed by atoms with Crippen molar-refractivity contribution in [3.8, 4) is 6.07 Å². The average molecular weight is 333 g/mol. The van der Waals surface area contributed by atoms with Crippen molar-refractivity contribution in [2.24, 2.45) is 0 Å². The zero-order chi connectivity index (χ0) is 17.5. The van der Waals surface area contributed by atoms with Gasteiger partial charge in [0.05, 0.1) is 13.2 Å². The Morgan fingerprint density at radius 3 is 2.40 bits per heavy atom. The van der Waals surface area contributed by atoms with Crippen LogP contribution in [0.15, 0.2) is 60.2 Å². The zero-order valence-electron chi connectivity index (χ0n) is 13.8. The summed E-state index contributed by atoms with van der Waals surface area (Å²) in [5.74, 6) is -0.411. The van der Waals surface area contributed by atoms with Crippen molar-refractivity contribution in [2.45, 2.75) is 0 Å². The molecule has 25 heavy (non-hydrogen) atoms. The van der Waals surface area contributed by atoms with Crippen LogP contribution in [0.4, 0.5) is 11.4 Å². The molecule has 1 N–H and O–H groups in total. The van der Waals surface area contributed by atoms with Crippen molar-refractivity contribution in [2.75, 3.05) is 36.5 Å². The average Bonchev–Trinajstić information content (AvgIpc) is 2.68. The van der Waals surface area contributed by atoms with Crippen molar-refractivity contribution < 1.29 is 9.53 Å². The van der Waals surface area contributed by atoms with E-state index in [-0.39, 0.29) is 5.57 Å². The molecule has 5 nitrogen and oxygen atoms in total. The van der Waals surface area contributed by atoms with Crippen LogP contribution in [0.5, 0.6) is 0 Å². The lowest BCUT2D eigenvalue weighted by Crippen LogP contribution is -2.36. The molecule has 0 unspecified atom stereocenters. The number of amides is 1. The van der Waals surface area contributed by atoms with Gasteiger partial charge in [-0.25, -0.2) is 0 Å². The van der Waals surface area contributed by atoms with Crippen molar-refractivity contribution in [3.63, 3.8) is 0 Å². The summed E-state index contributed by atoms with van der Waals surface area (Å²) < 4.78 is 5.36. The molecule has 1 amide bonds. The summed E-state index contributed by atoms with van der Waals surface area (Å²) in [7, 11) is 0. The predicted molar refractivity (Wildman–Crippen MR) is 98.1 cm³/mol. The molecule has 1 heterocycles. The third-order valence-electron chi connectivity index (χ3n) is 3.98. The van der Waals surface area contributed by atoms with Gasteiger partial charge >= 0.3 is 0 Å². The van der Waals surface area contributed by atoms with Crippen LogP contribution in [0.3, 0.4) is 0 Å². The summed E-state index contributed by atoms with van der Waals surface area (Å²) in [6.45, 7) is 3.22. The highest BCUT2D eigenvalue weighted by Crippen LogP contribution is 2.18. The van der Waals surface area contributed by atoms with E-state index < -0.39 is 5.91 Å². The number of nitrogens with one attached hydrogen (secondary N) is 1. The van der Waals surface area contributed by atoms with Crippen LogP contribution in [0, 0.1) is 11.3 Å². The molecule has 126 valence electrons. The zero-order valence-corrected chi connectivity index (χ0v) is 13.8. The third-order valence-corrected chi connectivity index (χ3v) is 3.98. The van der Waals surface area contributed by atoms with Crippen molar-refractivity contribution >= 4 is 23.4 Å². The number of hydrogen-bond acceptors (Lipinski definition) is 4. The minimum Gasteiger partial charge on any atom is -0.378 e. The highest BCUT2D eigenvalue weighted by molar-refractivity contribution is 6.09. The summed E-state index contributed by atoms with van der Waals surface area (Å²) in [5.41, 5.74) is 2.67. The van der Waals surface area contributed by atoms with Crippen molar-refractivity contribution in [1.82, 2.24) is 0 Å². The molecule has 5 heteroatoms. The largest absolute Gasteiger partial charge is 0.378 e. The Morgan fingerprint density at radius 2 is 1.76 bits per heavy atom. The standard InChI is InChI=1S/C20H19N3O2/c21-15-17(20(24)22-18-4-2-1-3-5-18)14-16-6-8-19(9-7-16)23-10-12-25-13-11-23/h1-9,14H,10-13H2,(H,22,24)/b17-14-. The molecule has 1 aliphatic rings. The molecule has 2 aromatic carbocycles. The molecule has 0 aromatic heterocycles. The molecule has 0 saturated carbocycles. The first-order chi connectivity index (χ1) is 12.3. The molecule has 0 radical (unpaired) electrons. The fraction of sp³-hybridized carbons (Fsp3) is 0.200. The van der Waals surface area contributed by atoms with Crippen LogP contribution in [-0.4, -0.2) is 32.2 Å². The van der Waals surface area contributed by atoms with E-state index in [0.717, 1.165) is 37.6 Å². The highest BCUT2D eigenvalue weighted by atomic mass is 16.5. The number of carbonyl (C=O) groups is 1. The molecule has 0 spiro atoms. The Kier molecular flexibility index (Phi) is 5.45. The summed E-state index contributed by atoms with van der Waals surface area (Å²) in [6, 6.07) is 18.9. The number of rotatable bonds is 4. The molecule has 0 bridgehead atoms. The second-order valence-electron chi connectivity index (χ2n) is 5.68. The predicted octanol–water partition coefficient (Wildman–Crippen LogP) is 3.07. The molecule has 2 aromatic rings. The van der Waals surface area contributed by atoms with Crippen LogP contribution in [-0.2, 0) is 9.53 Å². The second-order valence-corrected chi connectivity index (χ2v) is 5.68. The summed E-state index contributed by atoms with van der Waals surface area (Å²) >= 11 is 0. The number of hydrogen-bond donors (Lipinski definition) is 1. The minimum absolute atomic E-state index is 0.0722. The number of nitrogens with zero attached hydrogens (tertiary/aromatic N) is 2. The van der Waals surface area contributed by atoms with Gasteiger partial charge < -0.3 is 15.0 Å². The summed E-state index contributed by atoms with van der Waals surface area (Å²) in [5, 5.41) is 12.0. The number of ether oxygens (including phenoxy) is 1. The van der Waals surface area contributed by atoms with Gasteiger partial charge in [-0.05, 0) is 35.9 Å². The van der Waals surface area contributed by atoms with Gasteiger partial charge in [0.15, 0.2) is 0 Å². The smallest absolute Gasteiger partial charge is 0.266 e. The van der Waals surface area contributed by atoms with Crippen LogP contribution in [0.1, 0.15) is 5.56 Å². The molecule has 3 rings (SSSR count). The maximum Gasteiger partial charge on any atom is 0.266 e. The second kappa shape index (κ2) is 8.13. The molecule has 0 atom stereocenters. The fourth-order valence-electron chi connectivity index (χ4n) is 2.64. The van der Waals surface area contributed by atoms with Crippen LogP contribution in [0.25, 0.3) is 6.08 Å². The van der Waals surface area contributed by atoms with Crippen LogP contribution in [0.2, 0.25) is 0 Å². The van der Waals surface area contributed by atoms with E-state index in [9.17, 15) is 10.1 Å². The van der Waals surface area contributed by atoms with Crippen LogP contribution < -0.4 is 10.2 Å². The molecular weight excluding hydrogens is 314 g/mol. The normalized spacial score (nSPS) is 14.7. The lowest BCUT2D eigenvalue weighted by Gasteiger charge is -2.28. The lowest BCUT2D eigenvalue weighted by molar-refractivity contribution is -0.112. The van der Waals surface area contributed by atoms with E-state index >= 15 is 0 Å². The van der Waals surface area contributed by atoms with Gasteiger partial charge in [-0.2, -0.15) is 5.26 Å². The maximum absolute atomic E-state index is 12.2. The number of anilines is 2. The molecular formula is C20H19N3O2. The Balaban J connectivity index is 1.71. The first-order valence-corrected chi connectivity index (χ1v) is 8.17. The van der Waals surface area contributed by atoms with Gasteiger partial charge in [0.25, 0.3) is 5.91 Å². The van der Waals surface area contributed by atoms with Crippen LogP contribution >= 0.6 is 0 Å². The van der Waals surface area contributed by atoms with E-state index in [1.54, 1.807) is 18.2 Å². The monoisotopic (exact) mass is 333 g/mol. The Morgan fingerprint density at radius 1 is 1.08 bits per heavy atom. The number of morpholine rings is 1. The number of benzene rings is 2. The van der Waals surface area contributed by atoms with Gasteiger partial charge in [-0.3, -0.25) is 4.79 Å². The summed E-state index contributed by atoms with van der Waals surface area (Å²) in [4.78, 5) is 14.5. The number of carbonyl (C=O) groups excluding carboxylic acids is 1. The van der Waals surface area contributed by atoms with Gasteiger partial charge in [0.1, 0.15) is 11.6 Å². The number of nitriles is 1. The van der Waals surface area contributed by atoms with Crippen molar-refractivity contribution in [3.05, 3.63) is 65.7 Å². The van der Waals surface area contributed by atoms with E-state index in [1.165, 1.54) is 0 Å². The maximum atomic E-state index is 12.2. The van der Waals surface area contributed by atoms with Crippen molar-refractivity contribution in [1.29, 1.82) is 5.26 Å². The molecule has 0 aliphatic carbocycles. The SMILES string of the molecule is N#C/C(=C/c1ccc(N2CCOCC2)cc1)C(=O)Nc1ccccc1. The van der Waals surface area contributed by atoms with E-state index in [0.29, 0.717) is 5.69 Å². The van der Waals surface area contributed by atoms with E-state index in [1.807, 2.05) is 48.5 Å². The lowest BCUT2D eigenvalue weighted by atomic mass is 10.1. The highest BCUT2D eigenvalue weighted by Gasteiger charge is 2.12. The first-order valence-electron chi connectivity index (χ1n) is 8.17. The van der Waals surface area contributed by atoms with Gasteiger partial charge in [0, 0.05) is 24.5 Å². The minimum atomic E-state index is -0.411. The molecule has 1 saturated heterocycles.